The lowest BCUT2D eigenvalue weighted by Crippen LogP contribution is -2.36. The maximum atomic E-state index is 12.7. The van der Waals surface area contributed by atoms with E-state index in [1.54, 1.807) is 0 Å². The van der Waals surface area contributed by atoms with Crippen LogP contribution in [0.15, 0.2) is 59.6 Å². The van der Waals surface area contributed by atoms with Crippen molar-refractivity contribution in [3.63, 3.8) is 0 Å². The number of aromatic nitrogens is 2. The molecule has 2 aliphatic heterocycles. The number of para-hydroxylation sites is 1. The lowest BCUT2D eigenvalue weighted by Gasteiger charge is -2.27. The molecule has 0 spiro atoms. The number of benzene rings is 2. The van der Waals surface area contributed by atoms with Crippen LogP contribution in [0.5, 0.6) is 11.6 Å². The minimum atomic E-state index is 0.186. The number of likely N-dealkylation sites (tertiary alicyclic amines) is 1. The van der Waals surface area contributed by atoms with E-state index in [0.717, 1.165) is 53.4 Å². The molecule has 0 N–H and O–H groups in total. The van der Waals surface area contributed by atoms with E-state index in [-0.39, 0.29) is 5.91 Å². The third kappa shape index (κ3) is 3.92. The fourth-order valence-electron chi connectivity index (χ4n) is 3.92. The highest BCUT2D eigenvalue weighted by Crippen LogP contribution is 2.40. The molecule has 0 atom stereocenters. The first-order valence-electron chi connectivity index (χ1n) is 10.4. The first-order valence-corrected chi connectivity index (χ1v) is 11.4. The van der Waals surface area contributed by atoms with E-state index in [1.807, 2.05) is 53.4 Å². The van der Waals surface area contributed by atoms with E-state index >= 15 is 0 Å². The Labute approximate surface area is 180 Å². The molecule has 152 valence electrons. The number of carbonyl (C=O) groups is 1. The Balaban J connectivity index is 1.46. The highest BCUT2D eigenvalue weighted by atomic mass is 32.2. The van der Waals surface area contributed by atoms with Crippen LogP contribution >= 0.6 is 11.8 Å². The SMILES string of the molecule is O=C(CSc1nc(-c2ccccc2)nc2c1Cc1ccccc1O2)N1CCCCC1. The number of thioether (sulfide) groups is 1. The molecule has 30 heavy (non-hydrogen) atoms. The molecule has 3 aromatic rings. The van der Waals surface area contributed by atoms with Crippen LogP contribution in [-0.4, -0.2) is 39.6 Å². The molecule has 2 aliphatic rings. The van der Waals surface area contributed by atoms with Gasteiger partial charge < -0.3 is 9.64 Å². The Hall–Kier alpha value is -2.86. The third-order valence-corrected chi connectivity index (χ3v) is 6.55. The van der Waals surface area contributed by atoms with Crippen molar-refractivity contribution in [2.75, 3.05) is 18.8 Å². The molecule has 5 nitrogen and oxygen atoms in total. The smallest absolute Gasteiger partial charge is 0.232 e. The van der Waals surface area contributed by atoms with Gasteiger partial charge >= 0.3 is 0 Å². The molecule has 0 radical (unpaired) electrons. The van der Waals surface area contributed by atoms with Gasteiger partial charge in [-0.2, -0.15) is 4.98 Å². The monoisotopic (exact) mass is 417 g/mol. The number of hydrogen-bond acceptors (Lipinski definition) is 5. The van der Waals surface area contributed by atoms with E-state index in [9.17, 15) is 4.79 Å². The molecule has 0 bridgehead atoms. The first-order chi connectivity index (χ1) is 14.8. The molecular formula is C24H23N3O2S. The fourth-order valence-corrected chi connectivity index (χ4v) is 4.85. The predicted octanol–water partition coefficient (Wildman–Crippen LogP) is 4.94. The van der Waals surface area contributed by atoms with Crippen LogP contribution in [0.2, 0.25) is 0 Å². The van der Waals surface area contributed by atoms with Gasteiger partial charge in [0.05, 0.1) is 11.3 Å². The number of rotatable bonds is 4. The summed E-state index contributed by atoms with van der Waals surface area (Å²) in [6, 6.07) is 17.9. The molecule has 2 aromatic carbocycles. The summed E-state index contributed by atoms with van der Waals surface area (Å²) in [6.45, 7) is 1.74. The summed E-state index contributed by atoms with van der Waals surface area (Å²) in [6.07, 6.45) is 4.12. The number of ether oxygens (including phenoxy) is 1. The van der Waals surface area contributed by atoms with Gasteiger partial charge in [-0.15, -0.1) is 0 Å². The van der Waals surface area contributed by atoms with Crippen LogP contribution in [0.4, 0.5) is 0 Å². The van der Waals surface area contributed by atoms with E-state index < -0.39 is 0 Å². The Morgan fingerprint density at radius 3 is 2.57 bits per heavy atom. The van der Waals surface area contributed by atoms with Gasteiger partial charge in [0.15, 0.2) is 5.82 Å². The van der Waals surface area contributed by atoms with Crippen molar-refractivity contribution in [3.05, 3.63) is 65.7 Å². The summed E-state index contributed by atoms with van der Waals surface area (Å²) < 4.78 is 6.14. The van der Waals surface area contributed by atoms with Gasteiger partial charge in [0.25, 0.3) is 0 Å². The van der Waals surface area contributed by atoms with E-state index in [0.29, 0.717) is 23.9 Å². The van der Waals surface area contributed by atoms with Gasteiger partial charge in [0, 0.05) is 25.1 Å². The number of nitrogens with zero attached hydrogens (tertiary/aromatic N) is 3. The average molecular weight is 418 g/mol. The zero-order valence-corrected chi connectivity index (χ0v) is 17.5. The lowest BCUT2D eigenvalue weighted by molar-refractivity contribution is -0.129. The van der Waals surface area contributed by atoms with Crippen molar-refractivity contribution in [1.82, 2.24) is 14.9 Å². The summed E-state index contributed by atoms with van der Waals surface area (Å²) in [5, 5.41) is 0.832. The van der Waals surface area contributed by atoms with Crippen LogP contribution in [0, 0.1) is 0 Å². The normalized spacial score (nSPS) is 15.1. The van der Waals surface area contributed by atoms with Crippen molar-refractivity contribution in [1.29, 1.82) is 0 Å². The number of fused-ring (bicyclic) bond motifs is 2. The number of piperidine rings is 1. The van der Waals surface area contributed by atoms with Crippen molar-refractivity contribution in [2.24, 2.45) is 0 Å². The highest BCUT2D eigenvalue weighted by molar-refractivity contribution is 7.99. The maximum Gasteiger partial charge on any atom is 0.232 e. The van der Waals surface area contributed by atoms with E-state index in [2.05, 4.69) is 6.07 Å². The number of hydrogen-bond donors (Lipinski definition) is 0. The Bertz CT molecular complexity index is 1070. The van der Waals surface area contributed by atoms with Crippen molar-refractivity contribution in [2.45, 2.75) is 30.7 Å². The lowest BCUT2D eigenvalue weighted by atomic mass is 10.0. The highest BCUT2D eigenvalue weighted by Gasteiger charge is 2.25. The zero-order valence-electron chi connectivity index (χ0n) is 16.7. The predicted molar refractivity (Wildman–Crippen MR) is 118 cm³/mol. The quantitative estimate of drug-likeness (QED) is 0.348. The second-order valence-electron chi connectivity index (χ2n) is 7.62. The summed E-state index contributed by atoms with van der Waals surface area (Å²) in [5.74, 6) is 2.63. The van der Waals surface area contributed by atoms with E-state index in [4.69, 9.17) is 14.7 Å². The van der Waals surface area contributed by atoms with Crippen LogP contribution < -0.4 is 4.74 Å². The zero-order chi connectivity index (χ0) is 20.3. The minimum absolute atomic E-state index is 0.186. The fraction of sp³-hybridized carbons (Fsp3) is 0.292. The van der Waals surface area contributed by atoms with Gasteiger partial charge in [0.2, 0.25) is 11.8 Å². The van der Waals surface area contributed by atoms with Gasteiger partial charge in [0.1, 0.15) is 10.8 Å². The second-order valence-corrected chi connectivity index (χ2v) is 8.58. The summed E-state index contributed by atoms with van der Waals surface area (Å²) in [4.78, 5) is 24.3. The van der Waals surface area contributed by atoms with Gasteiger partial charge in [-0.1, -0.05) is 60.3 Å². The molecular weight excluding hydrogens is 394 g/mol. The van der Waals surface area contributed by atoms with Gasteiger partial charge in [-0.25, -0.2) is 4.98 Å². The van der Waals surface area contributed by atoms with Crippen LogP contribution in [0.25, 0.3) is 11.4 Å². The number of amides is 1. The average Bonchev–Trinajstić information content (AvgIpc) is 2.82. The summed E-state index contributed by atoms with van der Waals surface area (Å²) in [7, 11) is 0. The molecule has 1 fully saturated rings. The Morgan fingerprint density at radius 1 is 0.967 bits per heavy atom. The Morgan fingerprint density at radius 2 is 1.73 bits per heavy atom. The molecule has 1 amide bonds. The molecule has 3 heterocycles. The molecule has 0 saturated carbocycles. The van der Waals surface area contributed by atoms with Crippen LogP contribution in [0.1, 0.15) is 30.4 Å². The standard InChI is InChI=1S/C24H23N3O2S/c28-21(27-13-7-2-8-14-27)16-30-24-19-15-18-11-5-6-12-20(18)29-23(19)25-22(26-24)17-9-3-1-4-10-17/h1,3-6,9-12H,2,7-8,13-16H2. The molecule has 0 aliphatic carbocycles. The first kappa shape index (κ1) is 19.1. The van der Waals surface area contributed by atoms with Crippen molar-refractivity contribution in [3.8, 4) is 23.0 Å². The topological polar surface area (TPSA) is 55.3 Å². The summed E-state index contributed by atoms with van der Waals surface area (Å²) >= 11 is 1.50. The maximum absolute atomic E-state index is 12.7. The van der Waals surface area contributed by atoms with Gasteiger partial charge in [-0.05, 0) is 30.9 Å². The number of carbonyl (C=O) groups excluding carboxylic acids is 1. The largest absolute Gasteiger partial charge is 0.438 e. The molecule has 5 rings (SSSR count). The Kier molecular flexibility index (Phi) is 5.41. The molecule has 1 aromatic heterocycles. The molecule has 6 heteroatoms. The van der Waals surface area contributed by atoms with Crippen molar-refractivity contribution < 1.29 is 9.53 Å². The van der Waals surface area contributed by atoms with E-state index in [1.165, 1.54) is 18.2 Å². The summed E-state index contributed by atoms with van der Waals surface area (Å²) in [5.41, 5.74) is 3.02. The van der Waals surface area contributed by atoms with Crippen molar-refractivity contribution >= 4 is 17.7 Å². The minimum Gasteiger partial charge on any atom is -0.438 e. The van der Waals surface area contributed by atoms with Gasteiger partial charge in [-0.3, -0.25) is 4.79 Å². The molecule has 0 unspecified atom stereocenters. The molecule has 1 saturated heterocycles. The third-order valence-electron chi connectivity index (χ3n) is 5.55. The second kappa shape index (κ2) is 8.48. The van der Waals surface area contributed by atoms with Crippen LogP contribution in [0.3, 0.4) is 0 Å². The van der Waals surface area contributed by atoms with Crippen LogP contribution in [-0.2, 0) is 11.2 Å².